The molecule has 0 aromatic heterocycles. The number of ether oxygens (including phenoxy) is 1. The lowest BCUT2D eigenvalue weighted by Crippen LogP contribution is -2.48. The van der Waals surface area contributed by atoms with Gasteiger partial charge in [-0.3, -0.25) is 9.59 Å². The molecule has 0 fully saturated rings. The minimum atomic E-state index is -0.819. The monoisotopic (exact) mass is 485 g/mol. The van der Waals surface area contributed by atoms with Crippen LogP contribution in [0.5, 0.6) is 5.75 Å². The maximum absolute atomic E-state index is 12.8. The van der Waals surface area contributed by atoms with Crippen molar-refractivity contribution < 1.29 is 14.3 Å². The lowest BCUT2D eigenvalue weighted by molar-refractivity contribution is -0.123. The third-order valence-corrected chi connectivity index (χ3v) is 5.56. The molecule has 0 aliphatic heterocycles. The molecule has 3 aromatic rings. The highest BCUT2D eigenvalue weighted by Gasteiger charge is 2.25. The molecule has 0 heterocycles. The van der Waals surface area contributed by atoms with Crippen LogP contribution in [0.15, 0.2) is 59.7 Å². The van der Waals surface area contributed by atoms with Crippen LogP contribution in [0.3, 0.4) is 0 Å². The number of hydrazone groups is 1. The zero-order valence-electron chi connectivity index (χ0n) is 18.6. The molecular weight excluding hydrogens is 461 g/mol. The summed E-state index contributed by atoms with van der Waals surface area (Å²) in [6.45, 7) is 6.06. The second kappa shape index (κ2) is 11.2. The molecule has 3 aromatic carbocycles. The van der Waals surface area contributed by atoms with E-state index in [1.807, 2.05) is 57.2 Å². The fraction of sp³-hybridized carbons (Fsp3) is 0.240. The van der Waals surface area contributed by atoms with E-state index in [2.05, 4.69) is 15.8 Å². The molecule has 2 amide bonds. The van der Waals surface area contributed by atoms with E-state index in [0.29, 0.717) is 17.4 Å². The number of amides is 2. The number of halogens is 2. The van der Waals surface area contributed by atoms with Crippen molar-refractivity contribution in [2.75, 3.05) is 6.61 Å². The van der Waals surface area contributed by atoms with Gasteiger partial charge in [-0.15, -0.1) is 0 Å². The number of carbonyl (C=O) groups is 2. The van der Waals surface area contributed by atoms with Crippen LogP contribution in [0.4, 0.5) is 0 Å². The topological polar surface area (TPSA) is 79.8 Å². The van der Waals surface area contributed by atoms with Crippen LogP contribution in [0, 0.1) is 5.92 Å². The first kappa shape index (κ1) is 24.6. The molecule has 3 rings (SSSR count). The molecule has 33 heavy (non-hydrogen) atoms. The van der Waals surface area contributed by atoms with Gasteiger partial charge in [-0.2, -0.15) is 5.10 Å². The van der Waals surface area contributed by atoms with Gasteiger partial charge < -0.3 is 10.1 Å². The average molecular weight is 486 g/mol. The number of hydrogen-bond donors (Lipinski definition) is 2. The first-order valence-corrected chi connectivity index (χ1v) is 11.3. The Morgan fingerprint density at radius 3 is 2.55 bits per heavy atom. The van der Waals surface area contributed by atoms with E-state index in [-0.39, 0.29) is 16.5 Å². The minimum Gasteiger partial charge on any atom is -0.493 e. The number of nitrogens with zero attached hydrogens (tertiary/aromatic N) is 1. The maximum Gasteiger partial charge on any atom is 0.262 e. The van der Waals surface area contributed by atoms with Gasteiger partial charge in [-0.25, -0.2) is 5.43 Å². The van der Waals surface area contributed by atoms with E-state index < -0.39 is 17.9 Å². The van der Waals surface area contributed by atoms with E-state index in [1.165, 1.54) is 12.1 Å². The van der Waals surface area contributed by atoms with Crippen molar-refractivity contribution in [3.63, 3.8) is 0 Å². The van der Waals surface area contributed by atoms with Gasteiger partial charge in [0.05, 0.1) is 23.4 Å². The molecular formula is C25H25Cl2N3O3. The Labute approximate surface area is 202 Å². The highest BCUT2D eigenvalue weighted by Crippen LogP contribution is 2.26. The molecule has 0 radical (unpaired) electrons. The summed E-state index contributed by atoms with van der Waals surface area (Å²) >= 11 is 12.0. The standard InChI is InChI=1S/C25H25Cl2N3O3/c1-4-33-22-12-9-16-7-5-6-8-18(16)20(22)14-28-30-25(32)23(15(2)3)29-24(31)19-11-10-17(26)13-21(19)27/h5-15,23H,4H2,1-3H3,(H,29,31)(H,30,32). The maximum atomic E-state index is 12.8. The van der Waals surface area contributed by atoms with Crippen molar-refractivity contribution in [2.24, 2.45) is 11.0 Å². The summed E-state index contributed by atoms with van der Waals surface area (Å²) in [5, 5.41) is 9.48. The van der Waals surface area contributed by atoms with Crippen molar-refractivity contribution in [1.29, 1.82) is 0 Å². The summed E-state index contributed by atoms with van der Waals surface area (Å²) < 4.78 is 5.73. The summed E-state index contributed by atoms with van der Waals surface area (Å²) in [4.78, 5) is 25.5. The quantitative estimate of drug-likeness (QED) is 0.328. The smallest absolute Gasteiger partial charge is 0.262 e. The minimum absolute atomic E-state index is 0.188. The third-order valence-electron chi connectivity index (χ3n) is 5.01. The van der Waals surface area contributed by atoms with Gasteiger partial charge in [-0.05, 0) is 47.9 Å². The Balaban J connectivity index is 1.78. The van der Waals surface area contributed by atoms with E-state index >= 15 is 0 Å². The number of hydrogen-bond acceptors (Lipinski definition) is 4. The Morgan fingerprint density at radius 1 is 1.09 bits per heavy atom. The first-order valence-electron chi connectivity index (χ1n) is 10.5. The second-order valence-electron chi connectivity index (χ2n) is 7.69. The highest BCUT2D eigenvalue weighted by molar-refractivity contribution is 6.36. The number of carbonyl (C=O) groups excluding carboxylic acids is 2. The van der Waals surface area contributed by atoms with Gasteiger partial charge in [0.15, 0.2) is 0 Å². The van der Waals surface area contributed by atoms with Gasteiger partial charge >= 0.3 is 0 Å². The first-order chi connectivity index (χ1) is 15.8. The van der Waals surface area contributed by atoms with Crippen LogP contribution in [0.1, 0.15) is 36.7 Å². The fourth-order valence-corrected chi connectivity index (χ4v) is 3.84. The zero-order valence-corrected chi connectivity index (χ0v) is 20.1. The zero-order chi connectivity index (χ0) is 24.0. The largest absolute Gasteiger partial charge is 0.493 e. The van der Waals surface area contributed by atoms with Crippen LogP contribution < -0.4 is 15.5 Å². The molecule has 0 saturated heterocycles. The molecule has 0 bridgehead atoms. The molecule has 6 nitrogen and oxygen atoms in total. The van der Waals surface area contributed by atoms with Crippen LogP contribution in [-0.2, 0) is 4.79 Å². The molecule has 0 spiro atoms. The van der Waals surface area contributed by atoms with Crippen LogP contribution >= 0.6 is 23.2 Å². The van der Waals surface area contributed by atoms with E-state index in [4.69, 9.17) is 27.9 Å². The number of nitrogens with one attached hydrogen (secondary N) is 2. The Kier molecular flexibility index (Phi) is 8.31. The molecule has 172 valence electrons. The van der Waals surface area contributed by atoms with E-state index in [9.17, 15) is 9.59 Å². The van der Waals surface area contributed by atoms with Crippen LogP contribution in [0.25, 0.3) is 10.8 Å². The van der Waals surface area contributed by atoms with Crippen LogP contribution in [0.2, 0.25) is 10.0 Å². The molecule has 0 aliphatic carbocycles. The predicted octanol–water partition coefficient (Wildman–Crippen LogP) is 5.45. The van der Waals surface area contributed by atoms with Gasteiger partial charge in [0, 0.05) is 10.6 Å². The van der Waals surface area contributed by atoms with E-state index in [0.717, 1.165) is 16.3 Å². The van der Waals surface area contributed by atoms with Gasteiger partial charge in [0.25, 0.3) is 11.8 Å². The lowest BCUT2D eigenvalue weighted by Gasteiger charge is -2.20. The van der Waals surface area contributed by atoms with Gasteiger partial charge in [0.1, 0.15) is 11.8 Å². The Bertz CT molecular complexity index is 1190. The summed E-state index contributed by atoms with van der Waals surface area (Å²) in [5.41, 5.74) is 3.53. The normalized spacial score (nSPS) is 12.2. The molecule has 1 atom stereocenters. The second-order valence-corrected chi connectivity index (χ2v) is 8.53. The SMILES string of the molecule is CCOc1ccc2ccccc2c1C=NNC(=O)C(NC(=O)c1ccc(Cl)cc1Cl)C(C)C. The van der Waals surface area contributed by atoms with Gasteiger partial charge in [-0.1, -0.05) is 67.4 Å². The Hall–Kier alpha value is -3.09. The Morgan fingerprint density at radius 2 is 1.85 bits per heavy atom. The number of rotatable bonds is 8. The van der Waals surface area contributed by atoms with Gasteiger partial charge in [0.2, 0.25) is 0 Å². The average Bonchev–Trinajstić information content (AvgIpc) is 2.78. The fourth-order valence-electron chi connectivity index (χ4n) is 3.35. The molecule has 2 N–H and O–H groups in total. The molecule has 0 aliphatic rings. The lowest BCUT2D eigenvalue weighted by atomic mass is 10.0. The van der Waals surface area contributed by atoms with Crippen molar-refractivity contribution in [1.82, 2.24) is 10.7 Å². The summed E-state index contributed by atoms with van der Waals surface area (Å²) in [6.07, 6.45) is 1.56. The molecule has 1 unspecified atom stereocenters. The van der Waals surface area contributed by atoms with Crippen molar-refractivity contribution >= 4 is 52.0 Å². The number of fused-ring (bicyclic) bond motifs is 1. The van der Waals surface area contributed by atoms with Crippen molar-refractivity contribution in [3.05, 3.63) is 75.8 Å². The molecule has 8 heteroatoms. The summed E-state index contributed by atoms with van der Waals surface area (Å²) in [6, 6.07) is 15.4. The van der Waals surface area contributed by atoms with Crippen LogP contribution in [-0.4, -0.2) is 30.7 Å². The van der Waals surface area contributed by atoms with Crippen molar-refractivity contribution in [2.45, 2.75) is 26.8 Å². The highest BCUT2D eigenvalue weighted by atomic mass is 35.5. The van der Waals surface area contributed by atoms with E-state index in [1.54, 1.807) is 12.3 Å². The van der Waals surface area contributed by atoms with Crippen molar-refractivity contribution in [3.8, 4) is 5.75 Å². The predicted molar refractivity (Wildman–Crippen MR) is 133 cm³/mol. The molecule has 0 saturated carbocycles. The summed E-state index contributed by atoms with van der Waals surface area (Å²) in [5.74, 6) is -0.438. The third kappa shape index (κ3) is 6.03. The summed E-state index contributed by atoms with van der Waals surface area (Å²) in [7, 11) is 0. The number of benzene rings is 3.